The fourth-order valence-corrected chi connectivity index (χ4v) is 2.45. The van der Waals surface area contributed by atoms with E-state index in [1.165, 1.54) is 25.1 Å². The van der Waals surface area contributed by atoms with Crippen LogP contribution in [-0.2, 0) is 4.74 Å². The first-order valence-electron chi connectivity index (χ1n) is 6.75. The van der Waals surface area contributed by atoms with Gasteiger partial charge in [0, 0.05) is 19.7 Å². The molecule has 6 heteroatoms. The first-order valence-corrected chi connectivity index (χ1v) is 7.13. The Bertz CT molecular complexity index is 491. The van der Waals surface area contributed by atoms with E-state index in [4.69, 9.17) is 22.1 Å². The number of carbonyl (C=O) groups excluding carboxylic acids is 1. The SMILES string of the molecule is COCCN(C(=O)c1cc(Cl)ncc1N)C(C)C1CC1. The normalized spacial score (nSPS) is 15.9. The van der Waals surface area contributed by atoms with Gasteiger partial charge < -0.3 is 15.4 Å². The number of hydrogen-bond donors (Lipinski definition) is 1. The summed E-state index contributed by atoms with van der Waals surface area (Å²) in [7, 11) is 1.63. The Labute approximate surface area is 124 Å². The number of nitrogens with zero attached hydrogens (tertiary/aromatic N) is 2. The first-order chi connectivity index (χ1) is 9.54. The third-order valence-electron chi connectivity index (χ3n) is 3.72. The second-order valence-corrected chi connectivity index (χ2v) is 5.55. The first kappa shape index (κ1) is 15.1. The third kappa shape index (κ3) is 3.41. The Morgan fingerprint density at radius 1 is 1.65 bits per heavy atom. The summed E-state index contributed by atoms with van der Waals surface area (Å²) in [5.74, 6) is 0.470. The van der Waals surface area contributed by atoms with E-state index < -0.39 is 0 Å². The van der Waals surface area contributed by atoms with Crippen molar-refractivity contribution in [1.82, 2.24) is 9.88 Å². The van der Waals surface area contributed by atoms with Crippen LogP contribution in [0.1, 0.15) is 30.1 Å². The van der Waals surface area contributed by atoms with Gasteiger partial charge in [0.25, 0.3) is 5.91 Å². The fourth-order valence-electron chi connectivity index (χ4n) is 2.29. The number of hydrogen-bond acceptors (Lipinski definition) is 4. The highest BCUT2D eigenvalue weighted by atomic mass is 35.5. The van der Waals surface area contributed by atoms with Gasteiger partial charge in [0.2, 0.25) is 0 Å². The van der Waals surface area contributed by atoms with Crippen molar-refractivity contribution < 1.29 is 9.53 Å². The quantitative estimate of drug-likeness (QED) is 0.817. The van der Waals surface area contributed by atoms with E-state index in [0.717, 1.165) is 0 Å². The lowest BCUT2D eigenvalue weighted by Crippen LogP contribution is -2.42. The fraction of sp³-hybridized carbons (Fsp3) is 0.571. The standard InChI is InChI=1S/C14H20ClN3O2/c1-9(10-3-4-10)18(5-6-20-2)14(19)11-7-13(15)17-8-12(11)16/h7-10H,3-6,16H2,1-2H3. The van der Waals surface area contributed by atoms with Crippen LogP contribution in [0.5, 0.6) is 0 Å². The van der Waals surface area contributed by atoms with E-state index in [1.54, 1.807) is 7.11 Å². The molecule has 1 saturated carbocycles. The van der Waals surface area contributed by atoms with E-state index in [0.29, 0.717) is 30.3 Å². The van der Waals surface area contributed by atoms with Crippen LogP contribution in [0.4, 0.5) is 5.69 Å². The number of halogens is 1. The van der Waals surface area contributed by atoms with Crippen LogP contribution in [0.3, 0.4) is 0 Å². The zero-order valence-corrected chi connectivity index (χ0v) is 12.6. The van der Waals surface area contributed by atoms with E-state index in [9.17, 15) is 4.79 Å². The second-order valence-electron chi connectivity index (χ2n) is 5.16. The van der Waals surface area contributed by atoms with E-state index >= 15 is 0 Å². The van der Waals surface area contributed by atoms with E-state index in [1.807, 2.05) is 4.90 Å². The van der Waals surface area contributed by atoms with Crippen molar-refractivity contribution >= 4 is 23.2 Å². The number of nitrogens with two attached hydrogens (primary N) is 1. The van der Waals surface area contributed by atoms with Crippen molar-refractivity contribution in [3.63, 3.8) is 0 Å². The number of pyridine rings is 1. The summed E-state index contributed by atoms with van der Waals surface area (Å²) in [6.45, 7) is 3.12. The molecule has 1 atom stereocenters. The van der Waals surface area contributed by atoms with Crippen molar-refractivity contribution in [1.29, 1.82) is 0 Å². The lowest BCUT2D eigenvalue weighted by Gasteiger charge is -2.29. The zero-order valence-electron chi connectivity index (χ0n) is 11.8. The summed E-state index contributed by atoms with van der Waals surface area (Å²) in [5, 5.41) is 0.272. The number of ether oxygens (including phenoxy) is 1. The minimum absolute atomic E-state index is 0.108. The zero-order chi connectivity index (χ0) is 14.7. The average Bonchev–Trinajstić information content (AvgIpc) is 3.26. The third-order valence-corrected chi connectivity index (χ3v) is 3.93. The summed E-state index contributed by atoms with van der Waals surface area (Å²) < 4.78 is 5.10. The van der Waals surface area contributed by atoms with Crippen molar-refractivity contribution in [2.75, 3.05) is 26.0 Å². The molecule has 0 spiro atoms. The van der Waals surface area contributed by atoms with Crippen molar-refractivity contribution in [3.8, 4) is 0 Å². The van der Waals surface area contributed by atoms with Crippen LogP contribution < -0.4 is 5.73 Å². The molecule has 0 aromatic carbocycles. The van der Waals surface area contributed by atoms with Crippen molar-refractivity contribution in [2.24, 2.45) is 5.92 Å². The molecule has 20 heavy (non-hydrogen) atoms. The monoisotopic (exact) mass is 297 g/mol. The van der Waals surface area contributed by atoms with Gasteiger partial charge in [-0.2, -0.15) is 0 Å². The van der Waals surface area contributed by atoms with Gasteiger partial charge in [-0.05, 0) is 31.7 Å². The number of aromatic nitrogens is 1. The van der Waals surface area contributed by atoms with Crippen LogP contribution in [0, 0.1) is 5.92 Å². The second kappa shape index (κ2) is 6.41. The minimum atomic E-state index is -0.108. The Morgan fingerprint density at radius 3 is 2.95 bits per heavy atom. The van der Waals surface area contributed by atoms with Crippen LogP contribution >= 0.6 is 11.6 Å². The average molecular weight is 298 g/mol. The molecule has 1 unspecified atom stereocenters. The summed E-state index contributed by atoms with van der Waals surface area (Å²) >= 11 is 5.86. The molecule has 1 aromatic rings. The van der Waals surface area contributed by atoms with Gasteiger partial charge in [0.15, 0.2) is 0 Å². The van der Waals surface area contributed by atoms with E-state index in [-0.39, 0.29) is 17.1 Å². The molecular formula is C14H20ClN3O2. The number of nitrogen functional groups attached to an aromatic ring is 1. The summed E-state index contributed by atoms with van der Waals surface area (Å²) in [4.78, 5) is 18.4. The van der Waals surface area contributed by atoms with Gasteiger partial charge in [0.1, 0.15) is 5.15 Å². The molecule has 2 rings (SSSR count). The molecule has 0 aliphatic heterocycles. The molecule has 5 nitrogen and oxygen atoms in total. The van der Waals surface area contributed by atoms with Gasteiger partial charge in [-0.3, -0.25) is 4.79 Å². The molecule has 1 aliphatic carbocycles. The predicted octanol–water partition coefficient (Wildman–Crippen LogP) is 2.20. The highest BCUT2D eigenvalue weighted by molar-refractivity contribution is 6.29. The Balaban J connectivity index is 2.22. The highest BCUT2D eigenvalue weighted by Crippen LogP contribution is 2.35. The maximum atomic E-state index is 12.7. The molecule has 0 radical (unpaired) electrons. The topological polar surface area (TPSA) is 68.5 Å². The summed E-state index contributed by atoms with van der Waals surface area (Å²) in [5.41, 5.74) is 6.61. The largest absolute Gasteiger partial charge is 0.397 e. The molecule has 1 heterocycles. The molecule has 110 valence electrons. The number of rotatable bonds is 6. The van der Waals surface area contributed by atoms with Gasteiger partial charge in [0.05, 0.1) is 24.1 Å². The van der Waals surface area contributed by atoms with Crippen LogP contribution in [0.15, 0.2) is 12.3 Å². The van der Waals surface area contributed by atoms with E-state index in [2.05, 4.69) is 11.9 Å². The number of amides is 1. The van der Waals surface area contributed by atoms with Crippen molar-refractivity contribution in [2.45, 2.75) is 25.8 Å². The molecular weight excluding hydrogens is 278 g/mol. The Morgan fingerprint density at radius 2 is 2.35 bits per heavy atom. The molecule has 0 bridgehead atoms. The lowest BCUT2D eigenvalue weighted by atomic mass is 10.1. The van der Waals surface area contributed by atoms with Gasteiger partial charge >= 0.3 is 0 Å². The molecule has 1 amide bonds. The Kier molecular flexibility index (Phi) is 4.83. The smallest absolute Gasteiger partial charge is 0.256 e. The Hall–Kier alpha value is -1.33. The number of anilines is 1. The number of carbonyl (C=O) groups is 1. The summed E-state index contributed by atoms with van der Waals surface area (Å²) in [6, 6.07) is 1.71. The maximum absolute atomic E-state index is 12.7. The van der Waals surface area contributed by atoms with Gasteiger partial charge in [-0.25, -0.2) is 4.98 Å². The molecule has 1 fully saturated rings. The van der Waals surface area contributed by atoms with Crippen LogP contribution in [0.2, 0.25) is 5.15 Å². The van der Waals surface area contributed by atoms with Crippen LogP contribution in [0.25, 0.3) is 0 Å². The maximum Gasteiger partial charge on any atom is 0.256 e. The summed E-state index contributed by atoms with van der Waals surface area (Å²) in [6.07, 6.45) is 3.76. The van der Waals surface area contributed by atoms with Gasteiger partial charge in [-0.1, -0.05) is 11.6 Å². The van der Waals surface area contributed by atoms with Gasteiger partial charge in [-0.15, -0.1) is 0 Å². The molecule has 0 saturated heterocycles. The highest BCUT2D eigenvalue weighted by Gasteiger charge is 2.34. The predicted molar refractivity (Wildman–Crippen MR) is 78.8 cm³/mol. The molecule has 1 aromatic heterocycles. The number of methoxy groups -OCH3 is 1. The molecule has 1 aliphatic rings. The minimum Gasteiger partial charge on any atom is -0.397 e. The van der Waals surface area contributed by atoms with Crippen LogP contribution in [-0.4, -0.2) is 42.1 Å². The van der Waals surface area contributed by atoms with Crippen molar-refractivity contribution in [3.05, 3.63) is 23.0 Å². The molecule has 2 N–H and O–H groups in total. The lowest BCUT2D eigenvalue weighted by molar-refractivity contribution is 0.0595.